The zero-order chi connectivity index (χ0) is 37.0. The summed E-state index contributed by atoms with van der Waals surface area (Å²) in [6, 6.07) is 11.9. The number of rotatable bonds is 24. The topological polar surface area (TPSA) is 198 Å². The molecule has 2 atom stereocenters. The largest absolute Gasteiger partial charge is 0.463 e. The minimum Gasteiger partial charge on any atom is -0.463 e. The maximum Gasteiger partial charge on any atom is 0.338 e. The van der Waals surface area contributed by atoms with Gasteiger partial charge in [-0.2, -0.15) is 0 Å². The van der Waals surface area contributed by atoms with Gasteiger partial charge in [-0.15, -0.1) is 0 Å². The van der Waals surface area contributed by atoms with E-state index in [0.717, 1.165) is 12.2 Å². The monoisotopic (exact) mass is 714 g/mol. The average Bonchev–Trinajstić information content (AvgIpc) is 3.15. The summed E-state index contributed by atoms with van der Waals surface area (Å²) in [6.07, 6.45) is 4.44. The minimum absolute atomic E-state index is 0. The molecular weight excluding hydrogens is 656 g/mol. The predicted octanol–water partition coefficient (Wildman–Crippen LogP) is 4.81. The highest BCUT2D eigenvalue weighted by Crippen LogP contribution is 2.08. The SMILES string of the molecule is C=CC(=O)OCCCCOCC(CO)OC(=O)c1ccc(C=O)cc1.C=CC(=O)OCCCCOCC(O)COC(=O)c1ccc(C=O)cc1.[HH].[HH].[HH].[HH].[HH].[HH].[HH]. The molecule has 0 fully saturated rings. The number of hydrogen-bond donors (Lipinski definition) is 2. The number of aliphatic hydroxyl groups excluding tert-OH is 2. The number of unbranched alkanes of at least 4 members (excludes halogenated alkanes) is 2. The Morgan fingerprint density at radius 1 is 0.640 bits per heavy atom. The number of hydrogen-bond acceptors (Lipinski definition) is 14. The molecular formula is C36H58O14. The third kappa shape index (κ3) is 19.7. The highest BCUT2D eigenvalue weighted by molar-refractivity contribution is 5.91. The molecule has 14 nitrogen and oxygen atoms in total. The van der Waals surface area contributed by atoms with Crippen molar-refractivity contribution < 1.29 is 77.4 Å². The Bertz CT molecular complexity index is 1370. The van der Waals surface area contributed by atoms with Crippen LogP contribution in [-0.4, -0.2) is 112 Å². The van der Waals surface area contributed by atoms with Gasteiger partial charge in [0.05, 0.1) is 44.2 Å². The Morgan fingerprint density at radius 2 is 1.08 bits per heavy atom. The molecule has 0 bridgehead atoms. The van der Waals surface area contributed by atoms with Crippen molar-refractivity contribution in [3.05, 3.63) is 96.1 Å². The molecule has 286 valence electrons. The van der Waals surface area contributed by atoms with Crippen LogP contribution >= 0.6 is 0 Å². The van der Waals surface area contributed by atoms with Crippen molar-refractivity contribution in [3.63, 3.8) is 0 Å². The van der Waals surface area contributed by atoms with Crippen molar-refractivity contribution in [2.45, 2.75) is 37.9 Å². The molecule has 2 N–H and O–H groups in total. The third-order valence-corrected chi connectivity index (χ3v) is 6.25. The van der Waals surface area contributed by atoms with Crippen molar-refractivity contribution in [2.24, 2.45) is 0 Å². The number of benzene rings is 2. The standard InChI is InChI=1S/2C18H22O7.7H2/c1-2-17(21)24-10-4-3-9-23-12-16(20)13-25-18(22)15-7-5-14(11-19)6-8-15;1-2-17(21)24-10-4-3-9-23-13-16(12-20)25-18(22)15-7-5-14(11-19)6-8-15;;;;;;;/h2*2,5-8,11,16,20H,1,3-4,9-10,12-13H2;7*1H. The van der Waals surface area contributed by atoms with Crippen LogP contribution in [0.5, 0.6) is 0 Å². The molecule has 2 rings (SSSR count). The number of aldehydes is 2. The van der Waals surface area contributed by atoms with E-state index >= 15 is 0 Å². The maximum atomic E-state index is 11.9. The van der Waals surface area contributed by atoms with Gasteiger partial charge in [-0.05, 0) is 49.9 Å². The van der Waals surface area contributed by atoms with Crippen LogP contribution < -0.4 is 0 Å². The lowest BCUT2D eigenvalue weighted by atomic mass is 10.1. The lowest BCUT2D eigenvalue weighted by molar-refractivity contribution is -0.138. The molecule has 0 radical (unpaired) electrons. The Balaban J connectivity index is -0.000000156. The van der Waals surface area contributed by atoms with Gasteiger partial charge in [0.15, 0.2) is 0 Å². The minimum atomic E-state index is -0.934. The van der Waals surface area contributed by atoms with Crippen molar-refractivity contribution in [1.29, 1.82) is 0 Å². The summed E-state index contributed by atoms with van der Waals surface area (Å²) in [6.45, 7) is 7.46. The Morgan fingerprint density at radius 3 is 1.52 bits per heavy atom. The number of carbonyl (C=O) groups is 6. The van der Waals surface area contributed by atoms with Crippen LogP contribution in [0.1, 0.15) is 77.1 Å². The first-order valence-electron chi connectivity index (χ1n) is 15.7. The highest BCUT2D eigenvalue weighted by Gasteiger charge is 2.16. The molecule has 0 saturated carbocycles. The summed E-state index contributed by atoms with van der Waals surface area (Å²) in [5, 5.41) is 19.0. The maximum absolute atomic E-state index is 11.9. The number of esters is 4. The number of ether oxygens (including phenoxy) is 6. The van der Waals surface area contributed by atoms with Crippen LogP contribution in [0.25, 0.3) is 0 Å². The van der Waals surface area contributed by atoms with E-state index in [-0.39, 0.29) is 55.2 Å². The molecule has 2 aromatic rings. The molecule has 2 unspecified atom stereocenters. The van der Waals surface area contributed by atoms with E-state index in [4.69, 9.17) is 28.4 Å². The number of aliphatic hydroxyl groups is 2. The van der Waals surface area contributed by atoms with Crippen LogP contribution in [0.15, 0.2) is 73.8 Å². The fraction of sp³-hybridized carbons (Fsp3) is 0.389. The first-order valence-corrected chi connectivity index (χ1v) is 15.7. The van der Waals surface area contributed by atoms with E-state index in [0.29, 0.717) is 68.2 Å². The number of carbonyl (C=O) groups excluding carboxylic acids is 6. The first kappa shape index (κ1) is 43.0. The van der Waals surface area contributed by atoms with Gasteiger partial charge in [0.2, 0.25) is 0 Å². The van der Waals surface area contributed by atoms with E-state index in [1.807, 2.05) is 0 Å². The Hall–Kier alpha value is -5.02. The quantitative estimate of drug-likeness (QED) is 0.0494. The van der Waals surface area contributed by atoms with E-state index < -0.39 is 36.1 Å². The summed E-state index contributed by atoms with van der Waals surface area (Å²) in [5.74, 6) is -2.11. The Kier molecular flexibility index (Phi) is 23.1. The van der Waals surface area contributed by atoms with Gasteiger partial charge in [-0.1, -0.05) is 37.4 Å². The lowest BCUT2D eigenvalue weighted by Crippen LogP contribution is -2.27. The van der Waals surface area contributed by atoms with Gasteiger partial charge < -0.3 is 38.6 Å². The van der Waals surface area contributed by atoms with Crippen LogP contribution in [0, 0.1) is 0 Å². The van der Waals surface area contributed by atoms with Crippen molar-refractivity contribution in [2.75, 3.05) is 52.9 Å². The zero-order valence-corrected chi connectivity index (χ0v) is 27.8. The fourth-order valence-corrected chi connectivity index (χ4v) is 3.55. The molecule has 0 aliphatic rings. The second-order valence-electron chi connectivity index (χ2n) is 10.2. The summed E-state index contributed by atoms with van der Waals surface area (Å²) in [7, 11) is 0. The average molecular weight is 715 g/mol. The van der Waals surface area contributed by atoms with Gasteiger partial charge in [0, 0.05) is 46.5 Å². The molecule has 0 amide bonds. The van der Waals surface area contributed by atoms with Crippen LogP contribution in [0.3, 0.4) is 0 Å². The smallest absolute Gasteiger partial charge is 0.338 e. The fourth-order valence-electron chi connectivity index (χ4n) is 3.55. The van der Waals surface area contributed by atoms with Gasteiger partial charge in [-0.3, -0.25) is 9.59 Å². The van der Waals surface area contributed by atoms with Crippen LogP contribution in [0.4, 0.5) is 0 Å². The summed E-state index contributed by atoms with van der Waals surface area (Å²) < 4.78 is 30.3. The Labute approximate surface area is 301 Å². The van der Waals surface area contributed by atoms with Gasteiger partial charge in [0.1, 0.15) is 31.4 Å². The van der Waals surface area contributed by atoms with Gasteiger partial charge >= 0.3 is 23.9 Å². The predicted molar refractivity (Wildman–Crippen MR) is 193 cm³/mol. The zero-order valence-electron chi connectivity index (χ0n) is 27.8. The lowest BCUT2D eigenvalue weighted by Gasteiger charge is -2.16. The summed E-state index contributed by atoms with van der Waals surface area (Å²) in [5.41, 5.74) is 1.50. The van der Waals surface area contributed by atoms with Crippen molar-refractivity contribution in [1.82, 2.24) is 0 Å². The van der Waals surface area contributed by atoms with Crippen molar-refractivity contribution >= 4 is 36.4 Å². The summed E-state index contributed by atoms with van der Waals surface area (Å²) in [4.78, 5) is 66.4. The molecule has 2 aromatic carbocycles. The van der Waals surface area contributed by atoms with Crippen LogP contribution in [-0.2, 0) is 38.0 Å². The third-order valence-electron chi connectivity index (χ3n) is 6.25. The van der Waals surface area contributed by atoms with E-state index in [9.17, 15) is 39.0 Å². The van der Waals surface area contributed by atoms with Gasteiger partial charge in [0.25, 0.3) is 0 Å². The van der Waals surface area contributed by atoms with E-state index in [1.54, 1.807) is 0 Å². The molecule has 0 aliphatic carbocycles. The van der Waals surface area contributed by atoms with Crippen molar-refractivity contribution in [3.8, 4) is 0 Å². The second-order valence-corrected chi connectivity index (χ2v) is 10.2. The molecule has 0 saturated heterocycles. The summed E-state index contributed by atoms with van der Waals surface area (Å²) >= 11 is 0. The molecule has 50 heavy (non-hydrogen) atoms. The highest BCUT2D eigenvalue weighted by atomic mass is 16.6. The second kappa shape index (κ2) is 26.9. The molecule has 0 heterocycles. The first-order chi connectivity index (χ1) is 24.2. The normalized spacial score (nSPS) is 11.4. The molecule has 0 spiro atoms. The van der Waals surface area contributed by atoms with E-state index in [1.165, 1.54) is 48.5 Å². The van der Waals surface area contributed by atoms with Crippen LogP contribution in [0.2, 0.25) is 0 Å². The molecule has 0 aromatic heterocycles. The molecule has 14 heteroatoms. The van der Waals surface area contributed by atoms with E-state index in [2.05, 4.69) is 13.2 Å². The molecule has 0 aliphatic heterocycles. The van der Waals surface area contributed by atoms with Gasteiger partial charge in [-0.25, -0.2) is 19.2 Å².